The molecule has 1 aliphatic heterocycles. The highest BCUT2D eigenvalue weighted by molar-refractivity contribution is 5.95. The minimum atomic E-state index is -0.892. The number of carbonyl (C=O) groups is 1. The summed E-state index contributed by atoms with van der Waals surface area (Å²) in [6.45, 7) is 5.81. The predicted octanol–water partition coefficient (Wildman–Crippen LogP) is 5.15. The summed E-state index contributed by atoms with van der Waals surface area (Å²) in [4.78, 5) is 29.6. The first-order valence-corrected chi connectivity index (χ1v) is 12.3. The number of ether oxygens (including phenoxy) is 3. The fourth-order valence-electron chi connectivity index (χ4n) is 3.95. The van der Waals surface area contributed by atoms with E-state index in [2.05, 4.69) is 20.3 Å². The normalized spacial score (nSPS) is 19.3. The second-order valence-electron chi connectivity index (χ2n) is 9.58. The van der Waals surface area contributed by atoms with Crippen molar-refractivity contribution in [2.24, 2.45) is 5.41 Å². The van der Waals surface area contributed by atoms with Crippen LogP contribution in [0, 0.1) is 11.2 Å². The molecule has 196 valence electrons. The molecule has 1 saturated heterocycles. The van der Waals surface area contributed by atoms with Crippen molar-refractivity contribution in [3.8, 4) is 28.7 Å². The Labute approximate surface area is 219 Å². The molecule has 9 nitrogen and oxygen atoms in total. The van der Waals surface area contributed by atoms with Crippen LogP contribution in [0.2, 0.25) is 0 Å². The van der Waals surface area contributed by atoms with E-state index in [0.29, 0.717) is 34.2 Å². The first kappa shape index (κ1) is 25.5. The van der Waals surface area contributed by atoms with Gasteiger partial charge in [-0.3, -0.25) is 4.79 Å². The lowest BCUT2D eigenvalue weighted by Crippen LogP contribution is -2.45. The van der Waals surface area contributed by atoms with Crippen molar-refractivity contribution in [3.05, 3.63) is 78.5 Å². The van der Waals surface area contributed by atoms with E-state index in [1.807, 2.05) is 44.2 Å². The summed E-state index contributed by atoms with van der Waals surface area (Å²) in [6.07, 6.45) is 0.657. The molecule has 3 heterocycles. The van der Waals surface area contributed by atoms with Crippen LogP contribution in [0.1, 0.15) is 32.9 Å². The number of anilines is 1. The molecule has 2 N–H and O–H groups in total. The van der Waals surface area contributed by atoms with Gasteiger partial charge in [-0.15, -0.1) is 0 Å². The van der Waals surface area contributed by atoms with Gasteiger partial charge in [-0.25, -0.2) is 14.4 Å². The standard InChI is InChI=1S/C28H28FN5O4/c1-17(2)38-27-30-14-13-21(32-27)23-22(18-9-11-19(29)12-10-18)33-24(34-23)25-36-15-28(3,16-37-25)26(35)31-20-7-5-4-6-8-20/h4-14,17,25H,15-16H2,1-3H3,(H,31,35)(H,33,34). The Bertz CT molecular complexity index is 1400. The van der Waals surface area contributed by atoms with Crippen molar-refractivity contribution in [1.29, 1.82) is 0 Å². The van der Waals surface area contributed by atoms with Gasteiger partial charge in [0.05, 0.1) is 41.8 Å². The molecule has 0 bridgehead atoms. The van der Waals surface area contributed by atoms with Crippen molar-refractivity contribution in [1.82, 2.24) is 19.9 Å². The van der Waals surface area contributed by atoms with Gasteiger partial charge in [0.25, 0.3) is 0 Å². The third-order valence-electron chi connectivity index (χ3n) is 5.98. The number of H-pyrrole nitrogens is 1. The molecule has 0 unspecified atom stereocenters. The van der Waals surface area contributed by atoms with Gasteiger partial charge < -0.3 is 24.5 Å². The molecule has 0 atom stereocenters. The molecule has 5 rings (SSSR count). The van der Waals surface area contributed by atoms with Crippen LogP contribution >= 0.6 is 0 Å². The van der Waals surface area contributed by atoms with Crippen LogP contribution in [0.15, 0.2) is 66.9 Å². The molecule has 2 aromatic carbocycles. The maximum Gasteiger partial charge on any atom is 0.317 e. The maximum atomic E-state index is 13.6. The molecule has 0 radical (unpaired) electrons. The van der Waals surface area contributed by atoms with Crippen LogP contribution in [-0.2, 0) is 14.3 Å². The van der Waals surface area contributed by atoms with Crippen molar-refractivity contribution >= 4 is 11.6 Å². The van der Waals surface area contributed by atoms with Gasteiger partial charge in [0.15, 0.2) is 5.82 Å². The zero-order valence-corrected chi connectivity index (χ0v) is 21.3. The number of aromatic nitrogens is 4. The van der Waals surface area contributed by atoms with Crippen LogP contribution in [0.4, 0.5) is 10.1 Å². The Balaban J connectivity index is 1.40. The highest BCUT2D eigenvalue weighted by Crippen LogP contribution is 2.36. The van der Waals surface area contributed by atoms with E-state index in [9.17, 15) is 9.18 Å². The Morgan fingerprint density at radius 1 is 1.08 bits per heavy atom. The Hall–Kier alpha value is -4.15. The number of para-hydroxylation sites is 1. The molecular formula is C28H28FN5O4. The molecule has 0 aliphatic carbocycles. The molecule has 1 fully saturated rings. The lowest BCUT2D eigenvalue weighted by molar-refractivity contribution is -0.229. The van der Waals surface area contributed by atoms with E-state index < -0.39 is 11.7 Å². The topological polar surface area (TPSA) is 111 Å². The summed E-state index contributed by atoms with van der Waals surface area (Å²) < 4.78 is 31.2. The van der Waals surface area contributed by atoms with Crippen molar-refractivity contribution in [2.75, 3.05) is 18.5 Å². The number of nitrogens with zero attached hydrogens (tertiary/aromatic N) is 3. The van der Waals surface area contributed by atoms with Gasteiger partial charge in [-0.2, -0.15) is 4.98 Å². The smallest absolute Gasteiger partial charge is 0.317 e. The zero-order chi connectivity index (χ0) is 26.7. The summed E-state index contributed by atoms with van der Waals surface area (Å²) >= 11 is 0. The van der Waals surface area contributed by atoms with Gasteiger partial charge in [0.2, 0.25) is 12.2 Å². The number of carbonyl (C=O) groups excluding carboxylic acids is 1. The van der Waals surface area contributed by atoms with Crippen LogP contribution < -0.4 is 10.1 Å². The number of aromatic amines is 1. The minimum Gasteiger partial charge on any atom is -0.461 e. The second-order valence-corrected chi connectivity index (χ2v) is 9.58. The SMILES string of the molecule is CC(C)Oc1nccc(-c2[nH]c(C3OCC(C)(C(=O)Nc4ccccc4)CO3)nc2-c2ccc(F)cc2)n1. The number of nitrogens with one attached hydrogen (secondary N) is 2. The number of amides is 1. The summed E-state index contributed by atoms with van der Waals surface area (Å²) in [5.41, 5.74) is 2.14. The van der Waals surface area contributed by atoms with Crippen molar-refractivity contribution in [2.45, 2.75) is 33.2 Å². The van der Waals surface area contributed by atoms with Gasteiger partial charge in [0, 0.05) is 17.4 Å². The minimum absolute atomic E-state index is 0.100. The van der Waals surface area contributed by atoms with E-state index in [1.165, 1.54) is 12.1 Å². The molecule has 10 heteroatoms. The molecule has 0 spiro atoms. The predicted molar refractivity (Wildman–Crippen MR) is 139 cm³/mol. The molecule has 0 saturated carbocycles. The monoisotopic (exact) mass is 517 g/mol. The highest BCUT2D eigenvalue weighted by Gasteiger charge is 2.41. The van der Waals surface area contributed by atoms with E-state index in [4.69, 9.17) is 19.2 Å². The quantitative estimate of drug-likeness (QED) is 0.349. The van der Waals surface area contributed by atoms with E-state index in [1.54, 1.807) is 31.3 Å². The Morgan fingerprint density at radius 3 is 2.47 bits per heavy atom. The molecular weight excluding hydrogens is 489 g/mol. The van der Waals surface area contributed by atoms with Gasteiger partial charge in [-0.05, 0) is 63.2 Å². The molecule has 2 aromatic heterocycles. The third-order valence-corrected chi connectivity index (χ3v) is 5.98. The van der Waals surface area contributed by atoms with Crippen LogP contribution in [-0.4, -0.2) is 45.2 Å². The summed E-state index contributed by atoms with van der Waals surface area (Å²) in [6, 6.07) is 17.2. The van der Waals surface area contributed by atoms with Gasteiger partial charge in [0.1, 0.15) is 5.82 Å². The summed E-state index contributed by atoms with van der Waals surface area (Å²) in [5.74, 6) is -0.157. The van der Waals surface area contributed by atoms with Gasteiger partial charge >= 0.3 is 6.01 Å². The summed E-state index contributed by atoms with van der Waals surface area (Å²) in [7, 11) is 0. The average molecular weight is 518 g/mol. The fourth-order valence-corrected chi connectivity index (χ4v) is 3.95. The van der Waals surface area contributed by atoms with E-state index >= 15 is 0 Å². The average Bonchev–Trinajstić information content (AvgIpc) is 3.35. The molecule has 1 aliphatic rings. The second kappa shape index (κ2) is 10.7. The number of rotatable bonds is 7. The molecule has 38 heavy (non-hydrogen) atoms. The number of benzene rings is 2. The summed E-state index contributed by atoms with van der Waals surface area (Å²) in [5, 5.41) is 2.91. The van der Waals surface area contributed by atoms with Crippen LogP contribution in [0.3, 0.4) is 0 Å². The fraction of sp³-hybridized carbons (Fsp3) is 0.286. The van der Waals surface area contributed by atoms with Crippen molar-refractivity contribution in [3.63, 3.8) is 0 Å². The number of halogens is 1. The van der Waals surface area contributed by atoms with Gasteiger partial charge in [-0.1, -0.05) is 18.2 Å². The zero-order valence-electron chi connectivity index (χ0n) is 21.3. The Morgan fingerprint density at radius 2 is 1.79 bits per heavy atom. The lowest BCUT2D eigenvalue weighted by Gasteiger charge is -2.35. The number of imidazole rings is 1. The first-order valence-electron chi connectivity index (χ1n) is 12.3. The number of hydrogen-bond acceptors (Lipinski definition) is 7. The molecule has 1 amide bonds. The van der Waals surface area contributed by atoms with Crippen LogP contribution in [0.5, 0.6) is 6.01 Å². The largest absolute Gasteiger partial charge is 0.461 e. The van der Waals surface area contributed by atoms with Crippen molar-refractivity contribution < 1.29 is 23.4 Å². The third kappa shape index (κ3) is 5.56. The van der Waals surface area contributed by atoms with E-state index in [-0.39, 0.29) is 37.1 Å². The van der Waals surface area contributed by atoms with Crippen LogP contribution in [0.25, 0.3) is 22.6 Å². The van der Waals surface area contributed by atoms with E-state index in [0.717, 1.165) is 0 Å². The molecule has 4 aromatic rings. The Kier molecular flexibility index (Phi) is 7.17. The number of hydrogen-bond donors (Lipinski definition) is 2. The highest BCUT2D eigenvalue weighted by atomic mass is 19.1. The first-order chi connectivity index (χ1) is 18.3. The maximum absolute atomic E-state index is 13.6. The lowest BCUT2D eigenvalue weighted by atomic mass is 9.91.